The summed E-state index contributed by atoms with van der Waals surface area (Å²) >= 11 is 0. The number of carbonyl (C=O) groups is 1. The van der Waals surface area contributed by atoms with Gasteiger partial charge in [-0.25, -0.2) is 0 Å². The Morgan fingerprint density at radius 2 is 2.40 bits per heavy atom. The van der Waals surface area contributed by atoms with E-state index in [4.69, 9.17) is 4.74 Å². The van der Waals surface area contributed by atoms with Gasteiger partial charge in [-0.05, 0) is 26.5 Å². The van der Waals surface area contributed by atoms with Gasteiger partial charge in [0.1, 0.15) is 5.54 Å². The van der Waals surface area contributed by atoms with Gasteiger partial charge in [0.2, 0.25) is 0 Å². The molecule has 1 aromatic heterocycles. The van der Waals surface area contributed by atoms with Crippen LogP contribution >= 0.6 is 0 Å². The Morgan fingerprint density at radius 3 is 2.87 bits per heavy atom. The second-order valence-corrected chi connectivity index (χ2v) is 3.59. The lowest BCUT2D eigenvalue weighted by Crippen LogP contribution is -2.49. The highest BCUT2D eigenvalue weighted by Crippen LogP contribution is 2.12. The van der Waals surface area contributed by atoms with Crippen LogP contribution in [0.1, 0.15) is 13.3 Å². The van der Waals surface area contributed by atoms with Crippen molar-refractivity contribution in [2.75, 3.05) is 14.2 Å². The van der Waals surface area contributed by atoms with Crippen molar-refractivity contribution in [3.05, 3.63) is 18.5 Å². The Balaban J connectivity index is 2.57. The average Bonchev–Trinajstić information content (AvgIpc) is 2.77. The monoisotopic (exact) mass is 211 g/mol. The van der Waals surface area contributed by atoms with Crippen LogP contribution < -0.4 is 5.32 Å². The van der Waals surface area contributed by atoms with Crippen LogP contribution in [0.5, 0.6) is 0 Å². The number of ether oxygens (including phenoxy) is 1. The number of nitrogens with zero attached hydrogens (tertiary/aromatic N) is 2. The lowest BCUT2D eigenvalue weighted by molar-refractivity contribution is -0.148. The third-order valence-electron chi connectivity index (χ3n) is 2.59. The Bertz CT molecular complexity index is 310. The van der Waals surface area contributed by atoms with Crippen molar-refractivity contribution in [3.8, 4) is 0 Å². The fourth-order valence-electron chi connectivity index (χ4n) is 1.33. The summed E-state index contributed by atoms with van der Waals surface area (Å²) in [5.74, 6) is -0.253. The largest absolute Gasteiger partial charge is 0.468 e. The molecule has 0 aromatic carbocycles. The maximum atomic E-state index is 11.5. The SMILES string of the molecule is CNC(C)(CCn1cccn1)C(=O)OC. The lowest BCUT2D eigenvalue weighted by atomic mass is 9.98. The molecule has 15 heavy (non-hydrogen) atoms. The average molecular weight is 211 g/mol. The van der Waals surface area contributed by atoms with Crippen LogP contribution in [-0.4, -0.2) is 35.4 Å². The van der Waals surface area contributed by atoms with Crippen molar-refractivity contribution >= 4 is 5.97 Å². The van der Waals surface area contributed by atoms with E-state index in [0.717, 1.165) is 0 Å². The second-order valence-electron chi connectivity index (χ2n) is 3.59. The van der Waals surface area contributed by atoms with Crippen molar-refractivity contribution in [2.45, 2.75) is 25.4 Å². The molecule has 0 saturated carbocycles. The van der Waals surface area contributed by atoms with Crippen LogP contribution in [0.4, 0.5) is 0 Å². The van der Waals surface area contributed by atoms with Crippen molar-refractivity contribution in [2.24, 2.45) is 0 Å². The van der Waals surface area contributed by atoms with Crippen LogP contribution in [0.25, 0.3) is 0 Å². The summed E-state index contributed by atoms with van der Waals surface area (Å²) in [6, 6.07) is 1.86. The van der Waals surface area contributed by atoms with E-state index in [2.05, 4.69) is 10.4 Å². The molecule has 0 aliphatic heterocycles. The molecule has 0 aliphatic carbocycles. The summed E-state index contributed by atoms with van der Waals surface area (Å²) in [6.07, 6.45) is 4.22. The van der Waals surface area contributed by atoms with E-state index in [0.29, 0.717) is 13.0 Å². The zero-order valence-electron chi connectivity index (χ0n) is 9.36. The molecule has 1 aromatic rings. The first kappa shape index (κ1) is 11.7. The highest BCUT2D eigenvalue weighted by molar-refractivity contribution is 5.80. The molecule has 0 bridgehead atoms. The molecule has 1 atom stereocenters. The third kappa shape index (κ3) is 2.79. The minimum atomic E-state index is -0.652. The summed E-state index contributed by atoms with van der Waals surface area (Å²) in [7, 11) is 3.14. The molecule has 0 radical (unpaired) electrons. The molecule has 1 N–H and O–H groups in total. The van der Waals surface area contributed by atoms with Gasteiger partial charge in [-0.15, -0.1) is 0 Å². The molecule has 0 fully saturated rings. The number of nitrogens with one attached hydrogen (secondary N) is 1. The summed E-state index contributed by atoms with van der Waals surface area (Å²) < 4.78 is 6.54. The lowest BCUT2D eigenvalue weighted by Gasteiger charge is -2.25. The summed E-state index contributed by atoms with van der Waals surface area (Å²) in [5.41, 5.74) is -0.652. The van der Waals surface area contributed by atoms with E-state index >= 15 is 0 Å². The zero-order chi connectivity index (χ0) is 11.3. The van der Waals surface area contributed by atoms with Crippen molar-refractivity contribution in [1.29, 1.82) is 0 Å². The Morgan fingerprint density at radius 1 is 1.67 bits per heavy atom. The van der Waals surface area contributed by atoms with Crippen LogP contribution in [0.15, 0.2) is 18.5 Å². The predicted octanol–water partition coefficient (Wildman–Crippen LogP) is 0.424. The first-order chi connectivity index (χ1) is 7.12. The van der Waals surface area contributed by atoms with E-state index in [1.165, 1.54) is 7.11 Å². The molecule has 1 rings (SSSR count). The molecular weight excluding hydrogens is 194 g/mol. The van der Waals surface area contributed by atoms with Gasteiger partial charge in [-0.2, -0.15) is 5.10 Å². The van der Waals surface area contributed by atoms with Crippen molar-refractivity contribution in [3.63, 3.8) is 0 Å². The van der Waals surface area contributed by atoms with E-state index < -0.39 is 5.54 Å². The summed E-state index contributed by atoms with van der Waals surface area (Å²) in [6.45, 7) is 2.50. The fourth-order valence-corrected chi connectivity index (χ4v) is 1.33. The van der Waals surface area contributed by atoms with Gasteiger partial charge in [0.25, 0.3) is 0 Å². The van der Waals surface area contributed by atoms with Crippen LogP contribution in [0, 0.1) is 0 Å². The predicted molar refractivity (Wildman–Crippen MR) is 56.3 cm³/mol. The number of methoxy groups -OCH3 is 1. The third-order valence-corrected chi connectivity index (χ3v) is 2.59. The van der Waals surface area contributed by atoms with Crippen LogP contribution in [0.3, 0.4) is 0 Å². The van der Waals surface area contributed by atoms with E-state index in [1.807, 2.05) is 19.2 Å². The molecule has 1 unspecified atom stereocenters. The molecule has 0 saturated heterocycles. The minimum absolute atomic E-state index is 0.253. The van der Waals surface area contributed by atoms with Crippen molar-refractivity contribution in [1.82, 2.24) is 15.1 Å². The number of hydrogen-bond acceptors (Lipinski definition) is 4. The first-order valence-electron chi connectivity index (χ1n) is 4.87. The number of hydrogen-bond donors (Lipinski definition) is 1. The number of aromatic nitrogens is 2. The molecule has 0 spiro atoms. The molecule has 84 valence electrons. The Labute approximate surface area is 89.4 Å². The van der Waals surface area contributed by atoms with Gasteiger partial charge in [0, 0.05) is 18.9 Å². The van der Waals surface area contributed by atoms with Crippen LogP contribution in [-0.2, 0) is 16.1 Å². The fraction of sp³-hybridized carbons (Fsp3) is 0.600. The number of carbonyl (C=O) groups excluding carboxylic acids is 1. The number of rotatable bonds is 5. The summed E-state index contributed by atoms with van der Waals surface area (Å²) in [4.78, 5) is 11.5. The number of aryl methyl sites for hydroxylation is 1. The highest BCUT2D eigenvalue weighted by atomic mass is 16.5. The summed E-state index contributed by atoms with van der Waals surface area (Å²) in [5, 5.41) is 7.05. The second kappa shape index (κ2) is 4.93. The Hall–Kier alpha value is -1.36. The molecule has 5 heteroatoms. The Kier molecular flexibility index (Phi) is 3.85. The molecule has 0 aliphatic rings. The minimum Gasteiger partial charge on any atom is -0.468 e. The topological polar surface area (TPSA) is 56.2 Å². The van der Waals surface area contributed by atoms with Gasteiger partial charge < -0.3 is 10.1 Å². The highest BCUT2D eigenvalue weighted by Gasteiger charge is 2.32. The zero-order valence-corrected chi connectivity index (χ0v) is 9.36. The first-order valence-corrected chi connectivity index (χ1v) is 4.87. The quantitative estimate of drug-likeness (QED) is 0.717. The molecule has 1 heterocycles. The van der Waals surface area contributed by atoms with Crippen molar-refractivity contribution < 1.29 is 9.53 Å². The number of likely N-dealkylation sites (N-methyl/N-ethyl adjacent to an activating group) is 1. The van der Waals surface area contributed by atoms with Gasteiger partial charge in [0.15, 0.2) is 0 Å². The molecule has 0 amide bonds. The normalized spacial score (nSPS) is 14.6. The van der Waals surface area contributed by atoms with Gasteiger partial charge in [0.05, 0.1) is 7.11 Å². The standard InChI is InChI=1S/C10H17N3O2/c1-10(11-2,9(14)15-3)5-8-13-7-4-6-12-13/h4,6-7,11H,5,8H2,1-3H3. The van der Waals surface area contributed by atoms with Crippen LogP contribution in [0.2, 0.25) is 0 Å². The molecular formula is C10H17N3O2. The van der Waals surface area contributed by atoms with Gasteiger partial charge >= 0.3 is 5.97 Å². The van der Waals surface area contributed by atoms with E-state index in [-0.39, 0.29) is 5.97 Å². The molecule has 5 nitrogen and oxygen atoms in total. The maximum Gasteiger partial charge on any atom is 0.325 e. The van der Waals surface area contributed by atoms with E-state index in [1.54, 1.807) is 17.9 Å². The van der Waals surface area contributed by atoms with Gasteiger partial charge in [-0.3, -0.25) is 9.48 Å². The smallest absolute Gasteiger partial charge is 0.325 e. The number of esters is 1. The maximum absolute atomic E-state index is 11.5. The van der Waals surface area contributed by atoms with E-state index in [9.17, 15) is 4.79 Å². The van der Waals surface area contributed by atoms with Gasteiger partial charge in [-0.1, -0.05) is 0 Å².